The van der Waals surface area contributed by atoms with Crippen LogP contribution < -0.4 is 10.6 Å². The van der Waals surface area contributed by atoms with E-state index in [-0.39, 0.29) is 5.56 Å². The van der Waals surface area contributed by atoms with Gasteiger partial charge in [0, 0.05) is 12.7 Å². The van der Waals surface area contributed by atoms with Gasteiger partial charge in [0.15, 0.2) is 0 Å². The Morgan fingerprint density at radius 3 is 2.94 bits per heavy atom. The highest BCUT2D eigenvalue weighted by atomic mass is 16.4. The van der Waals surface area contributed by atoms with Crippen LogP contribution >= 0.6 is 0 Å². The molecule has 1 aliphatic heterocycles. The van der Waals surface area contributed by atoms with Crippen molar-refractivity contribution >= 4 is 17.6 Å². The second kappa shape index (κ2) is 4.48. The minimum atomic E-state index is -0.963. The molecule has 1 heterocycles. The summed E-state index contributed by atoms with van der Waals surface area (Å²) in [4.78, 5) is 15.0. The van der Waals surface area contributed by atoms with Gasteiger partial charge in [-0.15, -0.1) is 0 Å². The van der Waals surface area contributed by atoms with Crippen molar-refractivity contribution in [2.75, 3.05) is 11.9 Å². The number of aliphatic imine (C=N–C) groups is 1. The number of anilines is 1. The molecule has 1 aromatic rings. The lowest BCUT2D eigenvalue weighted by Gasteiger charge is -2.14. The zero-order valence-corrected chi connectivity index (χ0v) is 8.47. The van der Waals surface area contributed by atoms with Gasteiger partial charge in [0.25, 0.3) is 0 Å². The molecule has 0 atom stereocenters. The van der Waals surface area contributed by atoms with Crippen LogP contribution in [0.25, 0.3) is 0 Å². The van der Waals surface area contributed by atoms with Crippen molar-refractivity contribution in [3.63, 3.8) is 0 Å². The van der Waals surface area contributed by atoms with Gasteiger partial charge in [-0.25, -0.2) is 9.79 Å². The van der Waals surface area contributed by atoms with Gasteiger partial charge < -0.3 is 15.7 Å². The Kier molecular flexibility index (Phi) is 2.86. The molecule has 82 valence electrons. The van der Waals surface area contributed by atoms with Gasteiger partial charge in [0.05, 0.1) is 11.3 Å². The molecule has 0 bridgehead atoms. The monoisotopic (exact) mass is 217 g/mol. The second-order valence-corrected chi connectivity index (χ2v) is 3.22. The molecule has 0 fully saturated rings. The average molecular weight is 217 g/mol. The molecule has 1 aliphatic rings. The van der Waals surface area contributed by atoms with E-state index in [2.05, 4.69) is 15.6 Å². The lowest BCUT2D eigenvalue weighted by atomic mass is 10.2. The first-order valence-corrected chi connectivity index (χ1v) is 4.83. The van der Waals surface area contributed by atoms with E-state index in [0.717, 1.165) is 0 Å². The van der Waals surface area contributed by atoms with E-state index in [0.29, 0.717) is 18.2 Å². The summed E-state index contributed by atoms with van der Waals surface area (Å²) < 4.78 is 0. The number of nitrogens with one attached hydrogen (secondary N) is 2. The highest BCUT2D eigenvalue weighted by Crippen LogP contribution is 2.14. The first kappa shape index (κ1) is 10.2. The molecule has 0 radical (unpaired) electrons. The molecule has 0 amide bonds. The fourth-order valence-corrected chi connectivity index (χ4v) is 1.36. The zero-order valence-electron chi connectivity index (χ0n) is 8.47. The van der Waals surface area contributed by atoms with Crippen LogP contribution in [0, 0.1) is 0 Å². The third-order valence-electron chi connectivity index (χ3n) is 2.11. The molecule has 0 aliphatic carbocycles. The van der Waals surface area contributed by atoms with Crippen molar-refractivity contribution in [3.8, 4) is 0 Å². The summed E-state index contributed by atoms with van der Waals surface area (Å²) in [5.41, 5.74) is 0.748. The molecule has 0 saturated heterocycles. The third-order valence-corrected chi connectivity index (χ3v) is 2.11. The summed E-state index contributed by atoms with van der Waals surface area (Å²) in [6, 6.07) is 6.70. The van der Waals surface area contributed by atoms with Crippen LogP contribution in [-0.2, 0) is 0 Å². The normalized spacial score (nSPS) is 13.9. The number of aromatic carboxylic acids is 1. The highest BCUT2D eigenvalue weighted by Gasteiger charge is 2.10. The van der Waals surface area contributed by atoms with E-state index < -0.39 is 5.97 Å². The van der Waals surface area contributed by atoms with E-state index in [9.17, 15) is 4.79 Å². The highest BCUT2D eigenvalue weighted by molar-refractivity contribution is 6.01. The van der Waals surface area contributed by atoms with E-state index >= 15 is 0 Å². The largest absolute Gasteiger partial charge is 0.478 e. The van der Waals surface area contributed by atoms with Crippen molar-refractivity contribution < 1.29 is 9.90 Å². The summed E-state index contributed by atoms with van der Waals surface area (Å²) in [6.07, 6.45) is 3.54. The lowest BCUT2D eigenvalue weighted by molar-refractivity contribution is 0.0698. The number of guanidine groups is 1. The molecule has 5 heteroatoms. The first-order valence-electron chi connectivity index (χ1n) is 4.83. The molecular formula is C11H11N3O2. The van der Waals surface area contributed by atoms with Gasteiger partial charge in [0.2, 0.25) is 5.96 Å². The van der Waals surface area contributed by atoms with Gasteiger partial charge in [-0.1, -0.05) is 12.1 Å². The molecule has 3 N–H and O–H groups in total. The van der Waals surface area contributed by atoms with E-state index in [4.69, 9.17) is 5.11 Å². The van der Waals surface area contributed by atoms with Crippen LogP contribution in [0.3, 0.4) is 0 Å². The van der Waals surface area contributed by atoms with Crippen molar-refractivity contribution in [2.24, 2.45) is 4.99 Å². The Bertz CT molecular complexity index is 466. The maximum absolute atomic E-state index is 10.9. The Labute approximate surface area is 92.5 Å². The Morgan fingerprint density at radius 1 is 1.44 bits per heavy atom. The Hall–Kier alpha value is -2.30. The van der Waals surface area contributed by atoms with Crippen LogP contribution in [0.15, 0.2) is 41.5 Å². The van der Waals surface area contributed by atoms with Crippen LogP contribution in [0.4, 0.5) is 5.69 Å². The number of benzene rings is 1. The van der Waals surface area contributed by atoms with E-state index in [1.165, 1.54) is 0 Å². The molecule has 0 unspecified atom stereocenters. The topological polar surface area (TPSA) is 73.7 Å². The number of rotatable bonds is 2. The van der Waals surface area contributed by atoms with Gasteiger partial charge >= 0.3 is 5.97 Å². The predicted octanol–water partition coefficient (Wildman–Crippen LogP) is 1.27. The minimum absolute atomic E-state index is 0.224. The lowest BCUT2D eigenvalue weighted by Crippen LogP contribution is -2.32. The minimum Gasteiger partial charge on any atom is -0.478 e. The molecule has 5 nitrogen and oxygen atoms in total. The average Bonchev–Trinajstić information content (AvgIpc) is 2.31. The number of hydrogen-bond acceptors (Lipinski definition) is 4. The number of carboxylic acids is 1. The number of para-hydroxylation sites is 1. The zero-order chi connectivity index (χ0) is 11.4. The van der Waals surface area contributed by atoms with Gasteiger partial charge in [-0.05, 0) is 18.2 Å². The molecular weight excluding hydrogens is 206 g/mol. The van der Waals surface area contributed by atoms with E-state index in [1.807, 2.05) is 6.08 Å². The summed E-state index contributed by atoms with van der Waals surface area (Å²) >= 11 is 0. The molecule has 0 saturated carbocycles. The number of hydrogen-bond donors (Lipinski definition) is 3. The van der Waals surface area contributed by atoms with Crippen LogP contribution in [0.5, 0.6) is 0 Å². The predicted molar refractivity (Wildman–Crippen MR) is 61.6 cm³/mol. The number of carbonyl (C=O) groups is 1. The second-order valence-electron chi connectivity index (χ2n) is 3.22. The summed E-state index contributed by atoms with van der Waals surface area (Å²) in [5, 5.41) is 14.9. The fraction of sp³-hybridized carbons (Fsp3) is 0.0909. The molecule has 16 heavy (non-hydrogen) atoms. The van der Waals surface area contributed by atoms with Crippen LogP contribution in [0.2, 0.25) is 0 Å². The molecule has 0 spiro atoms. The van der Waals surface area contributed by atoms with Crippen molar-refractivity contribution in [1.29, 1.82) is 0 Å². The first-order chi connectivity index (χ1) is 7.77. The maximum Gasteiger partial charge on any atom is 0.337 e. The van der Waals surface area contributed by atoms with Crippen molar-refractivity contribution in [3.05, 3.63) is 42.1 Å². The van der Waals surface area contributed by atoms with Gasteiger partial charge in [-0.3, -0.25) is 0 Å². The van der Waals surface area contributed by atoms with Gasteiger partial charge in [0.1, 0.15) is 0 Å². The number of carboxylic acid groups (broad SMARTS) is 1. The van der Waals surface area contributed by atoms with Crippen LogP contribution in [-0.4, -0.2) is 23.6 Å². The Morgan fingerprint density at radius 2 is 2.25 bits per heavy atom. The van der Waals surface area contributed by atoms with E-state index in [1.54, 1.807) is 30.5 Å². The third kappa shape index (κ3) is 2.20. The summed E-state index contributed by atoms with van der Waals surface area (Å²) in [6.45, 7) is 0.682. The smallest absolute Gasteiger partial charge is 0.337 e. The quantitative estimate of drug-likeness (QED) is 0.697. The molecule has 0 aromatic heterocycles. The Balaban J connectivity index is 2.23. The number of nitrogens with zero attached hydrogens (tertiary/aromatic N) is 1. The maximum atomic E-state index is 10.9. The fourth-order valence-electron chi connectivity index (χ4n) is 1.36. The van der Waals surface area contributed by atoms with Crippen LogP contribution in [0.1, 0.15) is 10.4 Å². The molecule has 2 rings (SSSR count). The summed E-state index contributed by atoms with van der Waals surface area (Å²) in [7, 11) is 0. The SMILES string of the molecule is O=C(O)c1ccccc1NC1=NC=CCN1. The standard InChI is InChI=1S/C11H11N3O2/c15-10(16)8-4-1-2-5-9(8)14-11-12-6-3-7-13-11/h1-6H,7H2,(H,15,16)(H2,12,13,14). The molecule has 1 aromatic carbocycles. The van der Waals surface area contributed by atoms with Crippen molar-refractivity contribution in [1.82, 2.24) is 5.32 Å². The summed E-state index contributed by atoms with van der Waals surface area (Å²) in [5.74, 6) is -0.411. The van der Waals surface area contributed by atoms with Gasteiger partial charge in [-0.2, -0.15) is 0 Å². The van der Waals surface area contributed by atoms with Crippen molar-refractivity contribution in [2.45, 2.75) is 0 Å².